The van der Waals surface area contributed by atoms with Crippen LogP contribution in [0.1, 0.15) is 200 Å². The molecule has 2 unspecified atom stereocenters. The lowest BCUT2D eigenvalue weighted by molar-refractivity contribution is -0.124. The fourth-order valence-corrected chi connectivity index (χ4v) is 11.5. The first-order valence-corrected chi connectivity index (χ1v) is 26.7. The number of carbonyl (C=O) groups excluding carboxylic acids is 2. The summed E-state index contributed by atoms with van der Waals surface area (Å²) < 4.78 is 13.6. The number of nitrogens with zero attached hydrogens (tertiary/aromatic N) is 2. The maximum atomic E-state index is 15.5. The number of carbonyl (C=O) groups is 2. The van der Waals surface area contributed by atoms with Gasteiger partial charge in [-0.3, -0.25) is 9.59 Å². The molecule has 0 N–H and O–H groups in total. The highest BCUT2D eigenvalue weighted by Crippen LogP contribution is 2.49. The smallest absolute Gasteiger partial charge is 0.261 e. The van der Waals surface area contributed by atoms with E-state index in [1.165, 1.54) is 85.3 Å². The van der Waals surface area contributed by atoms with Crippen molar-refractivity contribution in [2.45, 2.75) is 189 Å². The fourth-order valence-electron chi connectivity index (χ4n) is 9.54. The van der Waals surface area contributed by atoms with Gasteiger partial charge < -0.3 is 18.6 Å². The van der Waals surface area contributed by atoms with Crippen molar-refractivity contribution in [3.05, 3.63) is 81.8 Å². The van der Waals surface area contributed by atoms with E-state index in [4.69, 9.17) is 8.83 Å². The normalized spacial score (nSPS) is 15.5. The average Bonchev–Trinajstić information content (AvgIpc) is 4.13. The Hall–Kier alpha value is -3.62. The number of fused-ring (bicyclic) bond motifs is 1. The molecule has 63 heavy (non-hydrogen) atoms. The molecule has 0 bridgehead atoms. The average molecular weight is 895 g/mol. The molecule has 8 heteroatoms. The van der Waals surface area contributed by atoms with Gasteiger partial charge >= 0.3 is 0 Å². The zero-order chi connectivity index (χ0) is 44.9. The number of hydrogen-bond donors (Lipinski definition) is 0. The van der Waals surface area contributed by atoms with Crippen LogP contribution >= 0.6 is 22.7 Å². The van der Waals surface area contributed by atoms with E-state index in [2.05, 4.69) is 79.7 Å². The van der Waals surface area contributed by atoms with Crippen LogP contribution < -0.4 is 0 Å². The number of hydrogen-bond acceptors (Lipinski definition) is 6. The van der Waals surface area contributed by atoms with Crippen LogP contribution in [0.4, 0.5) is 0 Å². The molecule has 344 valence electrons. The molecule has 0 fully saturated rings. The lowest BCUT2D eigenvalue weighted by atomic mass is 9.93. The van der Waals surface area contributed by atoms with E-state index in [1.54, 1.807) is 11.3 Å². The van der Waals surface area contributed by atoms with E-state index in [1.807, 2.05) is 45.4 Å². The number of rotatable bonds is 28. The lowest BCUT2D eigenvalue weighted by Gasteiger charge is -2.29. The summed E-state index contributed by atoms with van der Waals surface area (Å²) in [5, 5.41) is 0. The second-order valence-corrected chi connectivity index (χ2v) is 21.7. The van der Waals surface area contributed by atoms with Gasteiger partial charge in [0.15, 0.2) is 11.5 Å². The number of unbranched alkanes of at least 4 members (excludes halogenated alkanes) is 11. The highest BCUT2D eigenvalue weighted by atomic mass is 32.1. The van der Waals surface area contributed by atoms with Gasteiger partial charge in [0.25, 0.3) is 11.8 Å². The molecule has 0 aromatic carbocycles. The summed E-state index contributed by atoms with van der Waals surface area (Å²) in [5.74, 6) is 3.22. The van der Waals surface area contributed by atoms with Gasteiger partial charge in [-0.05, 0) is 92.5 Å². The molecule has 0 saturated carbocycles. The van der Waals surface area contributed by atoms with Crippen molar-refractivity contribution >= 4 is 45.9 Å². The van der Waals surface area contributed by atoms with Gasteiger partial charge in [0.05, 0.1) is 16.0 Å². The molecule has 4 aromatic rings. The van der Waals surface area contributed by atoms with Gasteiger partial charge in [-0.1, -0.05) is 152 Å². The summed E-state index contributed by atoms with van der Waals surface area (Å²) in [5.41, 5.74) is 2.00. The molecule has 6 nitrogen and oxygen atoms in total. The maximum Gasteiger partial charge on any atom is 0.261 e. The Kier molecular flexibility index (Phi) is 18.2. The minimum absolute atomic E-state index is 0.100. The quantitative estimate of drug-likeness (QED) is 0.0533. The molecule has 6 heterocycles. The minimum Gasteiger partial charge on any atom is -0.459 e. The Bertz CT molecular complexity index is 2130. The predicted octanol–water partition coefficient (Wildman–Crippen LogP) is 16.7. The fraction of sp³-hybridized carbons (Fsp3) is 0.600. The van der Waals surface area contributed by atoms with Crippen molar-refractivity contribution in [2.24, 2.45) is 11.8 Å². The van der Waals surface area contributed by atoms with Gasteiger partial charge in [-0.2, -0.15) is 0 Å². The number of amides is 2. The van der Waals surface area contributed by atoms with Crippen LogP contribution in [0.2, 0.25) is 0 Å². The van der Waals surface area contributed by atoms with Crippen LogP contribution in [-0.4, -0.2) is 34.7 Å². The van der Waals surface area contributed by atoms with Crippen LogP contribution in [0, 0.1) is 11.8 Å². The molecule has 2 atom stereocenters. The Morgan fingerprint density at radius 3 is 1.48 bits per heavy atom. The zero-order valence-electron chi connectivity index (χ0n) is 40.2. The van der Waals surface area contributed by atoms with Crippen LogP contribution in [0.25, 0.3) is 31.8 Å². The Morgan fingerprint density at radius 1 is 0.492 bits per heavy atom. The van der Waals surface area contributed by atoms with E-state index < -0.39 is 0 Å². The molecule has 0 spiro atoms. The highest BCUT2D eigenvalue weighted by Gasteiger charge is 2.51. The predicted molar refractivity (Wildman–Crippen MR) is 267 cm³/mol. The number of aryl methyl sites for hydroxylation is 1. The van der Waals surface area contributed by atoms with Gasteiger partial charge in [-0.25, -0.2) is 0 Å². The van der Waals surface area contributed by atoms with E-state index in [0.717, 1.165) is 74.2 Å². The largest absolute Gasteiger partial charge is 0.459 e. The van der Waals surface area contributed by atoms with E-state index >= 15 is 9.59 Å². The van der Waals surface area contributed by atoms with Crippen molar-refractivity contribution in [2.75, 3.05) is 13.1 Å². The van der Waals surface area contributed by atoms with Gasteiger partial charge in [0.2, 0.25) is 0 Å². The summed E-state index contributed by atoms with van der Waals surface area (Å²) in [6, 6.07) is 16.8. The SMILES string of the molecule is CCCCCCCCC(CCCCCC)CN1C(=O)C2=C(c3ccc(C(C)(C)C)o3)N(CC(CCC)CCCCCC)C(=O)C2=C1c1ccc(-c2ccc(-c3ccc(CC)s3)s2)o1. The van der Waals surface area contributed by atoms with Crippen LogP contribution in [-0.2, 0) is 21.4 Å². The molecule has 2 amide bonds. The molecule has 2 aliphatic rings. The molecule has 0 saturated heterocycles. The minimum atomic E-state index is -0.230. The number of furan rings is 2. The molecular formula is C55H78N2O4S2. The first-order chi connectivity index (χ1) is 30.5. The third kappa shape index (κ3) is 12.2. The first kappa shape index (κ1) is 48.8. The standard InChI is InChI=1S/C55H78N2O4S2/c1-9-14-17-20-21-24-28-40(27-23-19-16-11-3)38-57-51(43-31-30-42(60-43)45-34-35-47(63-45)46-33-29-41(13-5)62-46)49-50(54(57)59)52(44-32-36-48(61-44)55(6,7)8)56(53(49)58)37-39(25-12-4)26-22-18-15-10-2/h29-36,39-40H,9-28,37-38H2,1-8H3. The molecule has 0 aliphatic carbocycles. The summed E-state index contributed by atoms with van der Waals surface area (Å²) in [4.78, 5) is 39.7. The van der Waals surface area contributed by atoms with Crippen molar-refractivity contribution in [3.8, 4) is 20.4 Å². The molecule has 4 aromatic heterocycles. The summed E-state index contributed by atoms with van der Waals surface area (Å²) in [6.07, 6.45) is 23.3. The Labute approximate surface area is 388 Å². The third-order valence-corrected chi connectivity index (χ3v) is 15.7. The summed E-state index contributed by atoms with van der Waals surface area (Å²) in [6.45, 7) is 18.8. The maximum absolute atomic E-state index is 15.5. The van der Waals surface area contributed by atoms with E-state index in [-0.39, 0.29) is 17.2 Å². The summed E-state index contributed by atoms with van der Waals surface area (Å²) in [7, 11) is 0. The molecular weight excluding hydrogens is 817 g/mol. The second kappa shape index (κ2) is 23.5. The topological polar surface area (TPSA) is 66.9 Å². The van der Waals surface area contributed by atoms with Crippen LogP contribution in [0.3, 0.4) is 0 Å². The molecule has 6 rings (SSSR count). The van der Waals surface area contributed by atoms with Crippen molar-refractivity contribution < 1.29 is 18.4 Å². The summed E-state index contributed by atoms with van der Waals surface area (Å²) >= 11 is 3.57. The highest BCUT2D eigenvalue weighted by molar-refractivity contribution is 7.23. The van der Waals surface area contributed by atoms with Crippen molar-refractivity contribution in [1.29, 1.82) is 0 Å². The van der Waals surface area contributed by atoms with Crippen molar-refractivity contribution in [1.82, 2.24) is 9.80 Å². The number of thiophene rings is 2. The van der Waals surface area contributed by atoms with Crippen LogP contribution in [0.15, 0.2) is 68.5 Å². The van der Waals surface area contributed by atoms with Gasteiger partial charge in [-0.15, -0.1) is 22.7 Å². The molecule has 0 radical (unpaired) electrons. The van der Waals surface area contributed by atoms with Crippen molar-refractivity contribution in [3.63, 3.8) is 0 Å². The van der Waals surface area contributed by atoms with E-state index in [0.29, 0.717) is 59.0 Å². The zero-order valence-corrected chi connectivity index (χ0v) is 41.8. The Morgan fingerprint density at radius 2 is 0.952 bits per heavy atom. The van der Waals surface area contributed by atoms with E-state index in [9.17, 15) is 0 Å². The van der Waals surface area contributed by atoms with Crippen LogP contribution in [0.5, 0.6) is 0 Å². The first-order valence-electron chi connectivity index (χ1n) is 25.0. The second-order valence-electron chi connectivity index (χ2n) is 19.4. The molecule has 2 aliphatic heterocycles. The van der Waals surface area contributed by atoms with Gasteiger partial charge in [0, 0.05) is 33.1 Å². The third-order valence-electron chi connectivity index (χ3n) is 13.2. The monoisotopic (exact) mass is 895 g/mol. The lowest BCUT2D eigenvalue weighted by Crippen LogP contribution is -2.34. The van der Waals surface area contributed by atoms with Gasteiger partial charge in [0.1, 0.15) is 22.9 Å². The Balaban J connectivity index is 1.44.